The zero-order chi connectivity index (χ0) is 22.2. The normalized spacial score (nSPS) is 18.7. The molecule has 158 valence electrons. The van der Waals surface area contributed by atoms with Gasteiger partial charge in [0.25, 0.3) is 5.91 Å². The Labute approximate surface area is 180 Å². The number of fused-ring (bicyclic) bond motifs is 1. The highest BCUT2D eigenvalue weighted by molar-refractivity contribution is 6.06. The van der Waals surface area contributed by atoms with Crippen molar-refractivity contribution in [3.05, 3.63) is 65.0 Å². The Bertz CT molecular complexity index is 1200. The van der Waals surface area contributed by atoms with Crippen LogP contribution in [0.25, 0.3) is 11.0 Å². The van der Waals surface area contributed by atoms with Crippen LogP contribution in [-0.2, 0) is 15.0 Å². The molecule has 7 nitrogen and oxygen atoms in total. The molecule has 0 spiro atoms. The monoisotopic (exact) mass is 416 g/mol. The van der Waals surface area contributed by atoms with Gasteiger partial charge in [0.2, 0.25) is 11.8 Å². The molecule has 3 amide bonds. The largest absolute Gasteiger partial charge is 0.322 e. The predicted octanol–water partition coefficient (Wildman–Crippen LogP) is 3.58. The van der Waals surface area contributed by atoms with E-state index in [1.54, 1.807) is 30.3 Å². The maximum atomic E-state index is 12.7. The van der Waals surface area contributed by atoms with E-state index in [0.717, 1.165) is 22.5 Å². The summed E-state index contributed by atoms with van der Waals surface area (Å²) in [5.41, 5.74) is 4.35. The molecule has 2 aromatic carbocycles. The number of imide groups is 1. The Hall–Kier alpha value is -3.61. The van der Waals surface area contributed by atoms with E-state index in [9.17, 15) is 14.4 Å². The number of hydrogen-bond acceptors (Lipinski definition) is 5. The average molecular weight is 416 g/mol. The van der Waals surface area contributed by atoms with Gasteiger partial charge in [0.1, 0.15) is 0 Å². The van der Waals surface area contributed by atoms with Crippen LogP contribution in [0, 0.1) is 13.8 Å². The van der Waals surface area contributed by atoms with Gasteiger partial charge in [-0.15, -0.1) is 0 Å². The third-order valence-electron chi connectivity index (χ3n) is 6.10. The lowest BCUT2D eigenvalue weighted by Gasteiger charge is -2.35. The van der Waals surface area contributed by atoms with Gasteiger partial charge in [0, 0.05) is 17.7 Å². The van der Waals surface area contributed by atoms with Crippen LogP contribution in [0.1, 0.15) is 53.5 Å². The molecular weight excluding hydrogens is 392 g/mol. The van der Waals surface area contributed by atoms with Crippen molar-refractivity contribution >= 4 is 34.4 Å². The number of carbonyl (C=O) groups excluding carboxylic acids is 3. The number of hydrogen-bond donors (Lipinski definition) is 2. The highest BCUT2D eigenvalue weighted by atomic mass is 16.2. The molecule has 1 saturated heterocycles. The van der Waals surface area contributed by atoms with Crippen LogP contribution < -0.4 is 10.6 Å². The van der Waals surface area contributed by atoms with Crippen LogP contribution in [0.5, 0.6) is 0 Å². The van der Waals surface area contributed by atoms with Gasteiger partial charge in [0.05, 0.1) is 27.8 Å². The van der Waals surface area contributed by atoms with Crippen LogP contribution in [0.3, 0.4) is 0 Å². The predicted molar refractivity (Wildman–Crippen MR) is 118 cm³/mol. The van der Waals surface area contributed by atoms with E-state index in [1.807, 2.05) is 32.9 Å². The molecule has 1 aromatic heterocycles. The summed E-state index contributed by atoms with van der Waals surface area (Å²) in [5.74, 6) is -0.741. The number of anilines is 1. The molecule has 1 aliphatic rings. The fourth-order valence-corrected chi connectivity index (χ4v) is 4.01. The fourth-order valence-electron chi connectivity index (χ4n) is 4.01. The first kappa shape index (κ1) is 20.7. The Balaban J connectivity index is 1.54. The molecule has 0 saturated carbocycles. The van der Waals surface area contributed by atoms with Gasteiger partial charge in [-0.3, -0.25) is 19.7 Å². The Morgan fingerprint density at radius 3 is 2.35 bits per heavy atom. The molecule has 31 heavy (non-hydrogen) atoms. The highest BCUT2D eigenvalue weighted by Crippen LogP contribution is 2.36. The van der Waals surface area contributed by atoms with Crippen molar-refractivity contribution in [2.75, 3.05) is 5.32 Å². The smallest absolute Gasteiger partial charge is 0.255 e. The van der Waals surface area contributed by atoms with E-state index in [-0.39, 0.29) is 17.7 Å². The molecule has 2 N–H and O–H groups in total. The SMILES string of the molecule is CCC1(c2ccc(NC(=O)c3ccc4nc(C)c(C)nc4c3)cc2)CCC(=O)NC1=O. The number of aryl methyl sites for hydroxylation is 2. The second-order valence-corrected chi connectivity index (χ2v) is 7.94. The summed E-state index contributed by atoms with van der Waals surface area (Å²) in [6.45, 7) is 5.74. The van der Waals surface area contributed by atoms with E-state index < -0.39 is 5.41 Å². The second-order valence-electron chi connectivity index (χ2n) is 7.94. The molecule has 7 heteroatoms. The standard InChI is InChI=1S/C24H24N4O3/c1-4-24(12-11-21(29)28-23(24)31)17-6-8-18(9-7-17)27-22(30)16-5-10-19-20(13-16)26-15(3)14(2)25-19/h5-10,13H,4,11-12H2,1-3H3,(H,27,30)(H,28,29,31). The van der Waals surface area contributed by atoms with Gasteiger partial charge in [-0.2, -0.15) is 0 Å². The van der Waals surface area contributed by atoms with Gasteiger partial charge < -0.3 is 5.32 Å². The van der Waals surface area contributed by atoms with Gasteiger partial charge in [0.15, 0.2) is 0 Å². The molecule has 4 rings (SSSR count). The number of piperidine rings is 1. The van der Waals surface area contributed by atoms with Gasteiger partial charge in [-0.25, -0.2) is 9.97 Å². The molecule has 1 fully saturated rings. The first-order valence-corrected chi connectivity index (χ1v) is 10.3. The minimum atomic E-state index is -0.719. The molecule has 1 atom stereocenters. The van der Waals surface area contributed by atoms with Crippen LogP contribution in [0.15, 0.2) is 42.5 Å². The molecule has 0 aliphatic carbocycles. The van der Waals surface area contributed by atoms with Crippen molar-refractivity contribution in [1.29, 1.82) is 0 Å². The number of nitrogens with one attached hydrogen (secondary N) is 2. The van der Waals surface area contributed by atoms with Crippen molar-refractivity contribution in [2.24, 2.45) is 0 Å². The fraction of sp³-hybridized carbons (Fsp3) is 0.292. The zero-order valence-corrected chi connectivity index (χ0v) is 17.8. The van der Waals surface area contributed by atoms with Gasteiger partial charge >= 0.3 is 0 Å². The lowest BCUT2D eigenvalue weighted by atomic mass is 9.72. The van der Waals surface area contributed by atoms with E-state index in [0.29, 0.717) is 36.0 Å². The summed E-state index contributed by atoms with van der Waals surface area (Å²) in [6, 6.07) is 12.5. The van der Waals surface area contributed by atoms with Crippen LogP contribution in [0.2, 0.25) is 0 Å². The van der Waals surface area contributed by atoms with Crippen molar-refractivity contribution in [3.63, 3.8) is 0 Å². The quantitative estimate of drug-likeness (QED) is 0.633. The first-order valence-electron chi connectivity index (χ1n) is 10.3. The van der Waals surface area contributed by atoms with Crippen LogP contribution >= 0.6 is 0 Å². The number of amides is 3. The van der Waals surface area contributed by atoms with E-state index in [4.69, 9.17) is 0 Å². The van der Waals surface area contributed by atoms with Crippen molar-refractivity contribution in [2.45, 2.75) is 45.4 Å². The molecule has 2 heterocycles. The lowest BCUT2D eigenvalue weighted by Crippen LogP contribution is -2.51. The van der Waals surface area contributed by atoms with E-state index >= 15 is 0 Å². The van der Waals surface area contributed by atoms with Gasteiger partial charge in [-0.05, 0) is 62.6 Å². The number of rotatable bonds is 4. The number of carbonyl (C=O) groups is 3. The van der Waals surface area contributed by atoms with E-state index in [2.05, 4.69) is 20.6 Å². The molecule has 0 bridgehead atoms. The first-order chi connectivity index (χ1) is 14.8. The maximum absolute atomic E-state index is 12.7. The number of nitrogens with zero attached hydrogens (tertiary/aromatic N) is 2. The Morgan fingerprint density at radius 2 is 1.71 bits per heavy atom. The minimum Gasteiger partial charge on any atom is -0.322 e. The topological polar surface area (TPSA) is 101 Å². The molecule has 0 radical (unpaired) electrons. The summed E-state index contributed by atoms with van der Waals surface area (Å²) in [5, 5.41) is 5.34. The summed E-state index contributed by atoms with van der Waals surface area (Å²) >= 11 is 0. The van der Waals surface area contributed by atoms with Crippen molar-refractivity contribution in [1.82, 2.24) is 15.3 Å². The average Bonchev–Trinajstić information content (AvgIpc) is 2.75. The molecule has 3 aromatic rings. The molecule has 1 unspecified atom stereocenters. The third kappa shape index (κ3) is 3.79. The molecule has 1 aliphatic heterocycles. The summed E-state index contributed by atoms with van der Waals surface area (Å²) < 4.78 is 0. The van der Waals surface area contributed by atoms with E-state index in [1.165, 1.54) is 0 Å². The number of aromatic nitrogens is 2. The highest BCUT2D eigenvalue weighted by Gasteiger charge is 2.42. The summed E-state index contributed by atoms with van der Waals surface area (Å²) in [4.78, 5) is 45.8. The van der Waals surface area contributed by atoms with Crippen molar-refractivity contribution in [3.8, 4) is 0 Å². The van der Waals surface area contributed by atoms with Crippen LogP contribution in [-0.4, -0.2) is 27.7 Å². The molecular formula is C24H24N4O3. The van der Waals surface area contributed by atoms with Crippen molar-refractivity contribution < 1.29 is 14.4 Å². The lowest BCUT2D eigenvalue weighted by molar-refractivity contribution is -0.138. The summed E-state index contributed by atoms with van der Waals surface area (Å²) in [7, 11) is 0. The minimum absolute atomic E-state index is 0.233. The Morgan fingerprint density at radius 1 is 1.03 bits per heavy atom. The second kappa shape index (κ2) is 7.91. The zero-order valence-electron chi connectivity index (χ0n) is 17.8. The van der Waals surface area contributed by atoms with Gasteiger partial charge in [-0.1, -0.05) is 19.1 Å². The summed E-state index contributed by atoms with van der Waals surface area (Å²) in [6.07, 6.45) is 1.40. The number of benzene rings is 2. The third-order valence-corrected chi connectivity index (χ3v) is 6.10. The maximum Gasteiger partial charge on any atom is 0.255 e. The Kier molecular flexibility index (Phi) is 5.27. The van der Waals surface area contributed by atoms with Crippen LogP contribution in [0.4, 0.5) is 5.69 Å².